The molecule has 4 N–H and O–H groups in total. The second-order valence-electron chi connectivity index (χ2n) is 10.2. The van der Waals surface area contributed by atoms with E-state index in [1.165, 1.54) is 17.0 Å². The number of hydrogen-bond acceptors (Lipinski definition) is 6. The van der Waals surface area contributed by atoms with Crippen LogP contribution in [0, 0.1) is 5.82 Å². The number of likely N-dealkylation sites (tertiary alicyclic amines) is 1. The quantitative estimate of drug-likeness (QED) is 0.469. The van der Waals surface area contributed by atoms with Gasteiger partial charge in [0.2, 0.25) is 5.91 Å². The number of benzene rings is 2. The van der Waals surface area contributed by atoms with E-state index in [1.54, 1.807) is 0 Å². The maximum absolute atomic E-state index is 13.2. The third-order valence-corrected chi connectivity index (χ3v) is 7.44. The summed E-state index contributed by atoms with van der Waals surface area (Å²) in [6.07, 6.45) is 5.46. The lowest BCUT2D eigenvalue weighted by Crippen LogP contribution is -2.58. The smallest absolute Gasteiger partial charge is 0.331 e. The molecule has 0 radical (unpaired) electrons. The van der Waals surface area contributed by atoms with Crippen LogP contribution < -0.4 is 4.90 Å². The summed E-state index contributed by atoms with van der Waals surface area (Å²) in [7, 11) is 0. The molecule has 3 fully saturated rings. The molecule has 3 aliphatic heterocycles. The molecule has 0 spiro atoms. The van der Waals surface area contributed by atoms with Gasteiger partial charge >= 0.3 is 18.0 Å². The van der Waals surface area contributed by atoms with Crippen LogP contribution in [0.2, 0.25) is 0 Å². The summed E-state index contributed by atoms with van der Waals surface area (Å²) >= 11 is 0. The summed E-state index contributed by atoms with van der Waals surface area (Å²) in [6.45, 7) is 3.20. The Labute approximate surface area is 243 Å². The molecule has 226 valence electrons. The summed E-state index contributed by atoms with van der Waals surface area (Å²) in [6, 6.07) is 15.8. The first-order valence-electron chi connectivity index (χ1n) is 13.7. The van der Waals surface area contributed by atoms with E-state index in [0.717, 1.165) is 50.9 Å². The normalized spacial score (nSPS) is 21.5. The van der Waals surface area contributed by atoms with Crippen molar-refractivity contribution >= 4 is 29.6 Å². The lowest BCUT2D eigenvalue weighted by atomic mass is 10.0. The number of halogens is 1. The zero-order valence-electron chi connectivity index (χ0n) is 23.1. The second kappa shape index (κ2) is 15.2. The monoisotopic (exact) mass is 585 g/mol. The van der Waals surface area contributed by atoms with Crippen LogP contribution in [0.1, 0.15) is 43.8 Å². The van der Waals surface area contributed by atoms with Gasteiger partial charge in [0.1, 0.15) is 5.82 Å². The van der Waals surface area contributed by atoms with Gasteiger partial charge in [-0.25, -0.2) is 23.7 Å². The fourth-order valence-corrected chi connectivity index (χ4v) is 5.44. The molecule has 0 saturated carbocycles. The minimum absolute atomic E-state index is 0. The van der Waals surface area contributed by atoms with E-state index < -0.39 is 11.9 Å². The maximum atomic E-state index is 13.2. The van der Waals surface area contributed by atoms with Gasteiger partial charge in [-0.1, -0.05) is 30.3 Å². The predicted molar refractivity (Wildman–Crippen MR) is 151 cm³/mol. The Bertz CT molecular complexity index is 1230. The zero-order chi connectivity index (χ0) is 29.4. The van der Waals surface area contributed by atoms with Gasteiger partial charge < -0.3 is 30.2 Å². The molecule has 2 atom stereocenters. The molecule has 3 amide bonds. The molecule has 0 aliphatic carbocycles. The van der Waals surface area contributed by atoms with Gasteiger partial charge in [-0.3, -0.25) is 4.79 Å². The first kappa shape index (κ1) is 32.4. The number of urea groups is 1. The summed E-state index contributed by atoms with van der Waals surface area (Å²) in [5.41, 5.74) is 1.68. The molecule has 2 unspecified atom stereocenters. The fraction of sp³-hybridized carbons (Fsp3) is 0.400. The molecule has 0 bridgehead atoms. The topological polar surface area (TPSA) is 159 Å². The molecule has 3 aliphatic rings. The molecular formula is C30H36FN3O8. The molecule has 2 aromatic carbocycles. The number of carbonyl (C=O) groups is 4. The van der Waals surface area contributed by atoms with Crippen molar-refractivity contribution in [1.29, 1.82) is 0 Å². The fourth-order valence-electron chi connectivity index (χ4n) is 5.44. The SMILES string of the molecule is O.O=C(O)/C=C/C(=O)O.O=C1CCN(C2CCN(CC3CCC(c4ccc(F)cc4)O3)CC2)C(=O)N1c1ccccc1. The number of piperidine rings is 1. The average molecular weight is 586 g/mol. The van der Waals surface area contributed by atoms with Gasteiger partial charge in [0.15, 0.2) is 0 Å². The standard InChI is InChI=1S/C26H30FN3O3.C4H4O4.H2O/c27-20-8-6-19(7-9-20)24-11-10-23(33-24)18-28-15-12-21(13-16-28)29-17-14-25(31)30(26(29)32)22-4-2-1-3-5-22;5-3(6)1-2-4(7)8;/h1-9,21,23-24H,10-18H2;1-2H,(H,5,6)(H,7,8);1H2/b;2-1+;. The number of nitrogens with zero attached hydrogens (tertiary/aromatic N) is 3. The Morgan fingerprint density at radius 1 is 0.881 bits per heavy atom. The molecule has 12 heteroatoms. The highest BCUT2D eigenvalue weighted by atomic mass is 19.1. The lowest BCUT2D eigenvalue weighted by Gasteiger charge is -2.42. The summed E-state index contributed by atoms with van der Waals surface area (Å²) < 4.78 is 19.4. The molecule has 5 rings (SSSR count). The molecule has 3 heterocycles. The van der Waals surface area contributed by atoms with Crippen molar-refractivity contribution in [2.24, 2.45) is 0 Å². The number of hydrogen-bond donors (Lipinski definition) is 2. The van der Waals surface area contributed by atoms with Gasteiger partial charge in [0, 0.05) is 50.8 Å². The Hall–Kier alpha value is -4.13. The zero-order valence-corrected chi connectivity index (χ0v) is 23.1. The van der Waals surface area contributed by atoms with Crippen LogP contribution in [0.25, 0.3) is 0 Å². The van der Waals surface area contributed by atoms with Crippen molar-refractivity contribution in [2.45, 2.75) is 50.4 Å². The van der Waals surface area contributed by atoms with E-state index in [0.29, 0.717) is 30.8 Å². The number of carboxylic acid groups (broad SMARTS) is 2. The number of carboxylic acids is 2. The van der Waals surface area contributed by atoms with Crippen molar-refractivity contribution in [3.8, 4) is 0 Å². The van der Waals surface area contributed by atoms with Crippen molar-refractivity contribution in [3.05, 3.63) is 78.1 Å². The summed E-state index contributed by atoms with van der Waals surface area (Å²) in [4.78, 5) is 50.4. The predicted octanol–water partition coefficient (Wildman–Crippen LogP) is 3.26. The van der Waals surface area contributed by atoms with Crippen LogP contribution in [0.5, 0.6) is 0 Å². The van der Waals surface area contributed by atoms with E-state index in [9.17, 15) is 23.6 Å². The molecule has 3 saturated heterocycles. The maximum Gasteiger partial charge on any atom is 0.331 e. The van der Waals surface area contributed by atoms with E-state index >= 15 is 0 Å². The highest BCUT2D eigenvalue weighted by Crippen LogP contribution is 2.34. The van der Waals surface area contributed by atoms with Gasteiger partial charge in [0.05, 0.1) is 17.9 Å². The number of para-hydroxylation sites is 1. The first-order valence-corrected chi connectivity index (χ1v) is 13.7. The number of carbonyl (C=O) groups excluding carboxylic acids is 2. The number of anilines is 1. The number of aliphatic carboxylic acids is 2. The number of rotatable bonds is 7. The van der Waals surface area contributed by atoms with E-state index in [4.69, 9.17) is 14.9 Å². The Balaban J connectivity index is 0.000000475. The van der Waals surface area contributed by atoms with Crippen LogP contribution in [-0.4, -0.2) is 87.7 Å². The lowest BCUT2D eigenvalue weighted by molar-refractivity contribution is -0.134. The van der Waals surface area contributed by atoms with Crippen molar-refractivity contribution in [3.63, 3.8) is 0 Å². The van der Waals surface area contributed by atoms with Gasteiger partial charge in [-0.05, 0) is 55.5 Å². The molecule has 42 heavy (non-hydrogen) atoms. The highest BCUT2D eigenvalue weighted by molar-refractivity contribution is 6.15. The Kier molecular flexibility index (Phi) is 11.7. The van der Waals surface area contributed by atoms with Gasteiger partial charge in [0.25, 0.3) is 0 Å². The highest BCUT2D eigenvalue weighted by Gasteiger charge is 2.38. The molecular weight excluding hydrogens is 549 g/mol. The minimum atomic E-state index is -1.26. The molecule has 0 aromatic heterocycles. The number of ether oxygens (including phenoxy) is 1. The van der Waals surface area contributed by atoms with E-state index in [2.05, 4.69) is 4.90 Å². The molecule has 11 nitrogen and oxygen atoms in total. The van der Waals surface area contributed by atoms with Crippen molar-refractivity contribution < 1.29 is 44.0 Å². The van der Waals surface area contributed by atoms with Crippen LogP contribution in [0.4, 0.5) is 14.9 Å². The van der Waals surface area contributed by atoms with E-state index in [-0.39, 0.29) is 41.5 Å². The van der Waals surface area contributed by atoms with Crippen LogP contribution >= 0.6 is 0 Å². The second-order valence-corrected chi connectivity index (χ2v) is 10.2. The first-order chi connectivity index (χ1) is 19.7. The molecule has 2 aromatic rings. The third kappa shape index (κ3) is 8.68. The third-order valence-electron chi connectivity index (χ3n) is 7.44. The van der Waals surface area contributed by atoms with Crippen LogP contribution in [-0.2, 0) is 19.1 Å². The van der Waals surface area contributed by atoms with Gasteiger partial charge in [-0.15, -0.1) is 0 Å². The number of imide groups is 1. The van der Waals surface area contributed by atoms with Crippen LogP contribution in [0.15, 0.2) is 66.7 Å². The largest absolute Gasteiger partial charge is 0.478 e. The van der Waals surface area contributed by atoms with Crippen molar-refractivity contribution in [2.75, 3.05) is 31.1 Å². The summed E-state index contributed by atoms with van der Waals surface area (Å²) in [5.74, 6) is -2.87. The van der Waals surface area contributed by atoms with E-state index in [1.807, 2.05) is 47.4 Å². The van der Waals surface area contributed by atoms with Gasteiger partial charge in [-0.2, -0.15) is 0 Å². The Morgan fingerprint density at radius 3 is 2.10 bits per heavy atom. The van der Waals surface area contributed by atoms with Crippen LogP contribution in [0.3, 0.4) is 0 Å². The van der Waals surface area contributed by atoms with Crippen molar-refractivity contribution in [1.82, 2.24) is 9.80 Å². The Morgan fingerprint density at radius 2 is 1.50 bits per heavy atom. The number of amides is 3. The average Bonchev–Trinajstić information content (AvgIpc) is 3.42. The summed E-state index contributed by atoms with van der Waals surface area (Å²) in [5, 5.41) is 15.6. The minimum Gasteiger partial charge on any atom is -0.478 e.